The first kappa shape index (κ1) is 11.4. The quantitative estimate of drug-likeness (QED) is 0.909. The number of nitriles is 1. The Morgan fingerprint density at radius 3 is 2.93 bits per heavy atom. The molecule has 1 rings (SSSR count). The van der Waals surface area contributed by atoms with Crippen molar-refractivity contribution in [3.05, 3.63) is 27.7 Å². The number of nitrogens with one attached hydrogen (secondary N) is 1. The molecule has 0 amide bonds. The smallest absolute Gasteiger partial charge is 0.0648 e. The van der Waals surface area contributed by atoms with Crippen molar-refractivity contribution >= 4 is 33.2 Å². The van der Waals surface area contributed by atoms with Crippen molar-refractivity contribution in [1.29, 1.82) is 5.26 Å². The summed E-state index contributed by atoms with van der Waals surface area (Å²) in [6, 6.07) is 7.84. The van der Waals surface area contributed by atoms with Crippen LogP contribution >= 0.6 is 27.5 Å². The lowest BCUT2D eigenvalue weighted by Crippen LogP contribution is -2.14. The first-order valence-corrected chi connectivity index (χ1v) is 5.39. The second-order valence-corrected chi connectivity index (χ2v) is 4.35. The van der Waals surface area contributed by atoms with E-state index in [1.165, 1.54) is 0 Å². The third-order valence-corrected chi connectivity index (χ3v) is 2.54. The van der Waals surface area contributed by atoms with Gasteiger partial charge in [0.1, 0.15) is 0 Å². The van der Waals surface area contributed by atoms with Gasteiger partial charge in [-0.1, -0.05) is 27.5 Å². The minimum absolute atomic E-state index is 0.110. The second-order valence-electron chi connectivity index (χ2n) is 3.03. The van der Waals surface area contributed by atoms with Crippen LogP contribution in [0.5, 0.6) is 0 Å². The summed E-state index contributed by atoms with van der Waals surface area (Å²) in [7, 11) is 0. The van der Waals surface area contributed by atoms with Crippen LogP contribution in [0.4, 0.5) is 5.69 Å². The van der Waals surface area contributed by atoms with E-state index in [0.717, 1.165) is 10.2 Å². The Morgan fingerprint density at radius 2 is 2.36 bits per heavy atom. The van der Waals surface area contributed by atoms with E-state index in [0.29, 0.717) is 11.4 Å². The van der Waals surface area contributed by atoms with Crippen LogP contribution in [0.1, 0.15) is 13.3 Å². The molecule has 74 valence electrons. The lowest BCUT2D eigenvalue weighted by molar-refractivity contribution is 0.821. The molecule has 4 heteroatoms. The lowest BCUT2D eigenvalue weighted by Gasteiger charge is -2.13. The maximum atomic E-state index is 8.50. The predicted octanol–water partition coefficient (Wildman–Crippen LogP) is 3.82. The first-order chi connectivity index (χ1) is 6.63. The molecule has 2 nitrogen and oxygen atoms in total. The molecular weight excluding hydrogens is 263 g/mol. The molecule has 1 atom stereocenters. The summed E-state index contributed by atoms with van der Waals surface area (Å²) in [6.45, 7) is 1.95. The van der Waals surface area contributed by atoms with Gasteiger partial charge in [0.25, 0.3) is 0 Å². The Kier molecular flexibility index (Phi) is 4.24. The maximum Gasteiger partial charge on any atom is 0.0648 e. The SMILES string of the molecule is CC(CC#N)Nc1ccc(Br)cc1Cl. The van der Waals surface area contributed by atoms with Crippen LogP contribution in [-0.4, -0.2) is 6.04 Å². The average Bonchev–Trinajstić information content (AvgIpc) is 2.10. The summed E-state index contributed by atoms with van der Waals surface area (Å²) in [5.41, 5.74) is 0.859. The average molecular weight is 274 g/mol. The molecule has 1 unspecified atom stereocenters. The van der Waals surface area contributed by atoms with Gasteiger partial charge < -0.3 is 5.32 Å². The van der Waals surface area contributed by atoms with Gasteiger partial charge in [-0.15, -0.1) is 0 Å². The van der Waals surface area contributed by atoms with Gasteiger partial charge in [0.15, 0.2) is 0 Å². The normalized spacial score (nSPS) is 11.9. The monoisotopic (exact) mass is 272 g/mol. The van der Waals surface area contributed by atoms with E-state index >= 15 is 0 Å². The van der Waals surface area contributed by atoms with Crippen LogP contribution in [0.3, 0.4) is 0 Å². The van der Waals surface area contributed by atoms with Crippen molar-refractivity contribution in [2.45, 2.75) is 19.4 Å². The molecule has 14 heavy (non-hydrogen) atoms. The molecular formula is C10H10BrClN2. The standard InChI is InChI=1S/C10H10BrClN2/c1-7(4-5-13)14-10-3-2-8(11)6-9(10)12/h2-3,6-7,14H,4H2,1H3. The predicted molar refractivity (Wildman–Crippen MR) is 62.5 cm³/mol. The molecule has 0 radical (unpaired) electrons. The summed E-state index contributed by atoms with van der Waals surface area (Å²) in [5.74, 6) is 0. The number of benzene rings is 1. The largest absolute Gasteiger partial charge is 0.380 e. The number of rotatable bonds is 3. The molecule has 0 aliphatic rings. The fraction of sp³-hybridized carbons (Fsp3) is 0.300. The molecule has 0 saturated heterocycles. The summed E-state index contributed by atoms with van der Waals surface area (Å²) in [5, 5.41) is 12.3. The van der Waals surface area contributed by atoms with E-state index in [1.54, 1.807) is 0 Å². The van der Waals surface area contributed by atoms with Crippen molar-refractivity contribution in [1.82, 2.24) is 0 Å². The summed E-state index contributed by atoms with van der Waals surface area (Å²) < 4.78 is 0.945. The second kappa shape index (κ2) is 5.23. The van der Waals surface area contributed by atoms with Gasteiger partial charge in [0.2, 0.25) is 0 Å². The zero-order valence-corrected chi connectivity index (χ0v) is 10.1. The minimum Gasteiger partial charge on any atom is -0.380 e. The van der Waals surface area contributed by atoms with Crippen LogP contribution in [0, 0.1) is 11.3 Å². The molecule has 0 aromatic heterocycles. The zero-order chi connectivity index (χ0) is 10.6. The number of nitrogens with zero attached hydrogens (tertiary/aromatic N) is 1. The van der Waals surface area contributed by atoms with Crippen LogP contribution in [0.15, 0.2) is 22.7 Å². The Labute approximate surface area is 97.0 Å². The molecule has 1 N–H and O–H groups in total. The van der Waals surface area contributed by atoms with Crippen molar-refractivity contribution in [3.8, 4) is 6.07 Å². The zero-order valence-electron chi connectivity index (χ0n) is 7.72. The van der Waals surface area contributed by atoms with Crippen LogP contribution in [0.2, 0.25) is 5.02 Å². The third-order valence-electron chi connectivity index (χ3n) is 1.73. The highest BCUT2D eigenvalue weighted by Gasteiger charge is 2.04. The molecule has 0 saturated carbocycles. The number of halogens is 2. The summed E-state index contributed by atoms with van der Waals surface area (Å²) in [4.78, 5) is 0. The highest BCUT2D eigenvalue weighted by atomic mass is 79.9. The van der Waals surface area contributed by atoms with Crippen LogP contribution in [-0.2, 0) is 0 Å². The van der Waals surface area contributed by atoms with Gasteiger partial charge in [-0.3, -0.25) is 0 Å². The molecule has 0 spiro atoms. The third kappa shape index (κ3) is 3.21. The van der Waals surface area contributed by atoms with Gasteiger partial charge in [-0.05, 0) is 25.1 Å². The molecule has 0 heterocycles. The molecule has 0 aliphatic carbocycles. The minimum atomic E-state index is 0.110. The summed E-state index contributed by atoms with van der Waals surface area (Å²) in [6.07, 6.45) is 0.465. The van der Waals surface area contributed by atoms with Crippen molar-refractivity contribution in [3.63, 3.8) is 0 Å². The van der Waals surface area contributed by atoms with E-state index < -0.39 is 0 Å². The molecule has 0 bridgehead atoms. The van der Waals surface area contributed by atoms with Crippen molar-refractivity contribution in [2.24, 2.45) is 0 Å². The number of hydrogen-bond donors (Lipinski definition) is 1. The Morgan fingerprint density at radius 1 is 1.64 bits per heavy atom. The van der Waals surface area contributed by atoms with Crippen molar-refractivity contribution < 1.29 is 0 Å². The fourth-order valence-corrected chi connectivity index (χ4v) is 1.79. The Hall–Kier alpha value is -0.720. The highest BCUT2D eigenvalue weighted by Crippen LogP contribution is 2.26. The van der Waals surface area contributed by atoms with E-state index in [2.05, 4.69) is 27.3 Å². The fourth-order valence-electron chi connectivity index (χ4n) is 1.06. The van der Waals surface area contributed by atoms with E-state index in [4.69, 9.17) is 16.9 Å². The number of anilines is 1. The van der Waals surface area contributed by atoms with Crippen LogP contribution < -0.4 is 5.32 Å². The van der Waals surface area contributed by atoms with Crippen LogP contribution in [0.25, 0.3) is 0 Å². The van der Waals surface area contributed by atoms with E-state index in [1.807, 2.05) is 25.1 Å². The maximum absolute atomic E-state index is 8.50. The van der Waals surface area contributed by atoms with E-state index in [9.17, 15) is 0 Å². The Bertz CT molecular complexity index is 360. The number of hydrogen-bond acceptors (Lipinski definition) is 2. The summed E-state index contributed by atoms with van der Waals surface area (Å²) >= 11 is 9.33. The molecule has 0 aliphatic heterocycles. The lowest BCUT2D eigenvalue weighted by atomic mass is 10.2. The molecule has 0 fully saturated rings. The highest BCUT2D eigenvalue weighted by molar-refractivity contribution is 9.10. The van der Waals surface area contributed by atoms with Crippen molar-refractivity contribution in [2.75, 3.05) is 5.32 Å². The van der Waals surface area contributed by atoms with Gasteiger partial charge in [0, 0.05) is 10.5 Å². The van der Waals surface area contributed by atoms with E-state index in [-0.39, 0.29) is 6.04 Å². The van der Waals surface area contributed by atoms with Gasteiger partial charge in [-0.2, -0.15) is 5.26 Å². The van der Waals surface area contributed by atoms with Gasteiger partial charge in [-0.25, -0.2) is 0 Å². The Balaban J connectivity index is 2.73. The van der Waals surface area contributed by atoms with Gasteiger partial charge in [0.05, 0.1) is 23.2 Å². The molecule has 1 aromatic carbocycles. The topological polar surface area (TPSA) is 35.8 Å². The van der Waals surface area contributed by atoms with Gasteiger partial charge >= 0.3 is 0 Å². The first-order valence-electron chi connectivity index (χ1n) is 4.22. The molecule has 1 aromatic rings.